The predicted molar refractivity (Wildman–Crippen MR) is 59.5 cm³/mol. The quantitative estimate of drug-likeness (QED) is 0.662. The average Bonchev–Trinajstić information content (AvgIpc) is 2.17. The van der Waals surface area contributed by atoms with Crippen molar-refractivity contribution in [2.24, 2.45) is 4.99 Å². The average molecular weight is 268 g/mol. The molecule has 78 valence electrons. The van der Waals surface area contributed by atoms with Gasteiger partial charge in [0.1, 0.15) is 11.3 Å². The SMILES string of the molecule is O=C=NC1(c2cccc(Br)c2O)CCC1. The van der Waals surface area contributed by atoms with Gasteiger partial charge >= 0.3 is 0 Å². The van der Waals surface area contributed by atoms with Crippen LogP contribution in [-0.4, -0.2) is 11.2 Å². The van der Waals surface area contributed by atoms with Crippen molar-refractivity contribution in [3.8, 4) is 5.75 Å². The molecule has 1 aliphatic rings. The second-order valence-electron chi connectivity index (χ2n) is 3.72. The van der Waals surface area contributed by atoms with Crippen molar-refractivity contribution >= 4 is 22.0 Å². The molecule has 1 aliphatic carbocycles. The number of aliphatic imine (C=N–C) groups is 1. The number of hydrogen-bond donors (Lipinski definition) is 1. The molecule has 0 aromatic heterocycles. The summed E-state index contributed by atoms with van der Waals surface area (Å²) in [4.78, 5) is 14.2. The first-order chi connectivity index (χ1) is 7.19. The molecule has 0 atom stereocenters. The van der Waals surface area contributed by atoms with Crippen LogP contribution in [0.3, 0.4) is 0 Å². The van der Waals surface area contributed by atoms with Crippen LogP contribution in [0.5, 0.6) is 5.75 Å². The molecule has 1 saturated carbocycles. The Morgan fingerprint density at radius 2 is 2.20 bits per heavy atom. The molecular formula is C11H10BrNO2. The molecule has 15 heavy (non-hydrogen) atoms. The van der Waals surface area contributed by atoms with Gasteiger partial charge in [-0.15, -0.1) is 0 Å². The second kappa shape index (κ2) is 3.80. The molecule has 3 nitrogen and oxygen atoms in total. The molecule has 1 fully saturated rings. The van der Waals surface area contributed by atoms with Crippen molar-refractivity contribution < 1.29 is 9.90 Å². The largest absolute Gasteiger partial charge is 0.506 e. The van der Waals surface area contributed by atoms with Crippen LogP contribution in [0.15, 0.2) is 27.7 Å². The van der Waals surface area contributed by atoms with E-state index in [2.05, 4.69) is 20.9 Å². The number of phenols is 1. The van der Waals surface area contributed by atoms with Crippen molar-refractivity contribution in [2.45, 2.75) is 24.8 Å². The summed E-state index contributed by atoms with van der Waals surface area (Å²) in [6.45, 7) is 0. The van der Waals surface area contributed by atoms with E-state index in [1.165, 1.54) is 0 Å². The lowest BCUT2D eigenvalue weighted by atomic mass is 9.72. The highest BCUT2D eigenvalue weighted by Crippen LogP contribution is 2.49. The van der Waals surface area contributed by atoms with Crippen LogP contribution in [0.4, 0.5) is 0 Å². The Kier molecular flexibility index (Phi) is 2.63. The summed E-state index contributed by atoms with van der Waals surface area (Å²) in [5.41, 5.74) is 0.182. The predicted octanol–water partition coefficient (Wildman–Crippen LogP) is 2.87. The fraction of sp³-hybridized carbons (Fsp3) is 0.364. The zero-order chi connectivity index (χ0) is 10.9. The Bertz CT molecular complexity index is 434. The standard InChI is InChI=1S/C11H10BrNO2/c12-9-4-1-3-8(10(9)15)11(13-7-14)5-2-6-11/h1,3-4,15H,2,5-6H2. The fourth-order valence-corrected chi connectivity index (χ4v) is 2.30. The van der Waals surface area contributed by atoms with E-state index >= 15 is 0 Å². The Balaban J connectivity index is 2.52. The summed E-state index contributed by atoms with van der Waals surface area (Å²) >= 11 is 3.25. The van der Waals surface area contributed by atoms with Gasteiger partial charge in [-0.1, -0.05) is 12.1 Å². The molecule has 0 heterocycles. The minimum Gasteiger partial charge on any atom is -0.506 e. The van der Waals surface area contributed by atoms with E-state index in [-0.39, 0.29) is 5.75 Å². The molecule has 0 bridgehead atoms. The Morgan fingerprint density at radius 3 is 2.73 bits per heavy atom. The molecule has 4 heteroatoms. The fourth-order valence-electron chi connectivity index (χ4n) is 1.93. The van der Waals surface area contributed by atoms with E-state index in [0.29, 0.717) is 10.0 Å². The molecule has 0 aliphatic heterocycles. The maximum absolute atomic E-state index is 10.4. The lowest BCUT2D eigenvalue weighted by Crippen LogP contribution is -2.31. The molecule has 1 aromatic carbocycles. The zero-order valence-corrected chi connectivity index (χ0v) is 9.62. The number of phenolic OH excluding ortho intramolecular Hbond substituents is 1. The van der Waals surface area contributed by atoms with Gasteiger partial charge in [-0.05, 0) is 41.3 Å². The summed E-state index contributed by atoms with van der Waals surface area (Å²) in [7, 11) is 0. The van der Waals surface area contributed by atoms with Crippen molar-refractivity contribution in [1.29, 1.82) is 0 Å². The third-order valence-electron chi connectivity index (χ3n) is 2.93. The molecule has 0 unspecified atom stereocenters. The number of hydrogen-bond acceptors (Lipinski definition) is 3. The molecule has 0 radical (unpaired) electrons. The number of halogens is 1. The summed E-state index contributed by atoms with van der Waals surface area (Å²) in [6.07, 6.45) is 4.22. The van der Waals surface area contributed by atoms with Gasteiger partial charge < -0.3 is 5.11 Å². The molecule has 0 amide bonds. The summed E-state index contributed by atoms with van der Waals surface area (Å²) in [6, 6.07) is 5.40. The van der Waals surface area contributed by atoms with E-state index in [4.69, 9.17) is 0 Å². The topological polar surface area (TPSA) is 49.7 Å². The highest BCUT2D eigenvalue weighted by atomic mass is 79.9. The molecule has 1 N–H and O–H groups in total. The van der Waals surface area contributed by atoms with Crippen LogP contribution in [-0.2, 0) is 10.3 Å². The van der Waals surface area contributed by atoms with E-state index < -0.39 is 5.54 Å². The highest BCUT2D eigenvalue weighted by Gasteiger charge is 2.41. The third-order valence-corrected chi connectivity index (χ3v) is 3.57. The lowest BCUT2D eigenvalue weighted by Gasteiger charge is -2.37. The Morgan fingerprint density at radius 1 is 1.47 bits per heavy atom. The van der Waals surface area contributed by atoms with Crippen LogP contribution in [0, 0.1) is 0 Å². The smallest absolute Gasteiger partial charge is 0.235 e. The summed E-state index contributed by atoms with van der Waals surface area (Å²) < 4.78 is 0.632. The number of nitrogens with zero attached hydrogens (tertiary/aromatic N) is 1. The molecule has 2 rings (SSSR count). The van der Waals surface area contributed by atoms with Gasteiger partial charge in [0.25, 0.3) is 0 Å². The maximum Gasteiger partial charge on any atom is 0.235 e. The number of carbonyl (C=O) groups excluding carboxylic acids is 1. The van der Waals surface area contributed by atoms with Crippen molar-refractivity contribution in [1.82, 2.24) is 0 Å². The summed E-state index contributed by atoms with van der Waals surface area (Å²) in [5.74, 6) is 0.177. The molecule has 0 spiro atoms. The van der Waals surface area contributed by atoms with Gasteiger partial charge in [-0.3, -0.25) is 0 Å². The maximum atomic E-state index is 10.4. The molecular weight excluding hydrogens is 258 g/mol. The monoisotopic (exact) mass is 267 g/mol. The lowest BCUT2D eigenvalue weighted by molar-refractivity contribution is 0.247. The van der Waals surface area contributed by atoms with Crippen molar-refractivity contribution in [3.05, 3.63) is 28.2 Å². The van der Waals surface area contributed by atoms with E-state index in [1.807, 2.05) is 6.07 Å². The van der Waals surface area contributed by atoms with Gasteiger partial charge in [0.15, 0.2) is 0 Å². The number of rotatable bonds is 2. The number of para-hydroxylation sites is 1. The van der Waals surface area contributed by atoms with Crippen molar-refractivity contribution in [2.75, 3.05) is 0 Å². The van der Waals surface area contributed by atoms with Crippen LogP contribution < -0.4 is 0 Å². The van der Waals surface area contributed by atoms with Gasteiger partial charge in [0, 0.05) is 5.56 Å². The first-order valence-electron chi connectivity index (χ1n) is 4.77. The first kappa shape index (κ1) is 10.4. The van der Waals surface area contributed by atoms with Crippen LogP contribution >= 0.6 is 15.9 Å². The Hall–Kier alpha value is -1.12. The van der Waals surface area contributed by atoms with Crippen LogP contribution in [0.25, 0.3) is 0 Å². The van der Waals surface area contributed by atoms with E-state index in [1.54, 1.807) is 18.2 Å². The minimum atomic E-state index is -0.532. The van der Waals surface area contributed by atoms with Gasteiger partial charge in [-0.2, -0.15) is 4.99 Å². The normalized spacial score (nSPS) is 17.7. The van der Waals surface area contributed by atoms with Crippen LogP contribution in [0.1, 0.15) is 24.8 Å². The van der Waals surface area contributed by atoms with Gasteiger partial charge in [-0.25, -0.2) is 4.79 Å². The minimum absolute atomic E-state index is 0.177. The first-order valence-corrected chi connectivity index (χ1v) is 5.56. The summed E-state index contributed by atoms with van der Waals surface area (Å²) in [5, 5.41) is 9.89. The van der Waals surface area contributed by atoms with Gasteiger partial charge in [0.05, 0.1) is 4.47 Å². The zero-order valence-electron chi connectivity index (χ0n) is 8.03. The molecule has 0 saturated heterocycles. The molecule has 1 aromatic rings. The van der Waals surface area contributed by atoms with Crippen LogP contribution in [0.2, 0.25) is 0 Å². The van der Waals surface area contributed by atoms with E-state index in [9.17, 15) is 9.90 Å². The number of isocyanates is 1. The third kappa shape index (κ3) is 1.60. The van der Waals surface area contributed by atoms with Crippen molar-refractivity contribution in [3.63, 3.8) is 0 Å². The second-order valence-corrected chi connectivity index (χ2v) is 4.58. The Labute approximate surface area is 96.0 Å². The van der Waals surface area contributed by atoms with Gasteiger partial charge in [0.2, 0.25) is 6.08 Å². The number of aromatic hydroxyl groups is 1. The van der Waals surface area contributed by atoms with E-state index in [0.717, 1.165) is 19.3 Å². The highest BCUT2D eigenvalue weighted by molar-refractivity contribution is 9.10. The number of benzene rings is 1.